The molecule has 4 rings (SSSR count). The molecular weight excluding hydrogens is 332 g/mol. The molecule has 134 valence electrons. The van der Waals surface area contributed by atoms with Crippen LogP contribution >= 0.6 is 0 Å². The molecule has 0 saturated carbocycles. The zero-order chi connectivity index (χ0) is 17.8. The smallest absolute Gasteiger partial charge is 0.268 e. The van der Waals surface area contributed by atoms with Gasteiger partial charge in [-0.3, -0.25) is 4.79 Å². The first-order valence-corrected chi connectivity index (χ1v) is 8.72. The fraction of sp³-hybridized carbons (Fsp3) is 0.316. The number of amides is 1. The van der Waals surface area contributed by atoms with E-state index in [1.165, 1.54) is 0 Å². The van der Waals surface area contributed by atoms with E-state index in [1.807, 2.05) is 47.2 Å². The van der Waals surface area contributed by atoms with Crippen molar-refractivity contribution in [1.82, 2.24) is 20.0 Å². The minimum atomic E-state index is -0.128. The summed E-state index contributed by atoms with van der Waals surface area (Å²) in [6.45, 7) is 1.68. The van der Waals surface area contributed by atoms with Crippen molar-refractivity contribution < 1.29 is 14.1 Å². The van der Waals surface area contributed by atoms with Crippen molar-refractivity contribution in [3.05, 3.63) is 60.2 Å². The highest BCUT2D eigenvalue weighted by Gasteiger charge is 2.18. The summed E-state index contributed by atoms with van der Waals surface area (Å²) < 4.78 is 12.7. The normalized spacial score (nSPS) is 16.7. The minimum Gasteiger partial charge on any atom is -0.376 e. The lowest BCUT2D eigenvalue weighted by atomic mass is 10.2. The number of aromatic nitrogens is 3. The van der Waals surface area contributed by atoms with Crippen LogP contribution in [0.5, 0.6) is 0 Å². The van der Waals surface area contributed by atoms with Crippen molar-refractivity contribution in [2.24, 2.45) is 0 Å². The molecule has 1 aliphatic rings. The summed E-state index contributed by atoms with van der Waals surface area (Å²) in [5.41, 5.74) is 1.43. The van der Waals surface area contributed by atoms with E-state index in [1.54, 1.807) is 6.07 Å². The highest BCUT2D eigenvalue weighted by Crippen LogP contribution is 2.17. The lowest BCUT2D eigenvalue weighted by Gasteiger charge is -2.12. The summed E-state index contributed by atoms with van der Waals surface area (Å²) in [5.74, 6) is 0.864. The first-order chi connectivity index (χ1) is 12.8. The Morgan fingerprint density at radius 1 is 1.23 bits per heavy atom. The fourth-order valence-electron chi connectivity index (χ4n) is 3.03. The van der Waals surface area contributed by atoms with Crippen LogP contribution in [-0.2, 0) is 11.3 Å². The van der Waals surface area contributed by atoms with Crippen LogP contribution in [0.25, 0.3) is 11.5 Å². The molecule has 2 aromatic heterocycles. The minimum absolute atomic E-state index is 0.119. The molecule has 0 aliphatic carbocycles. The van der Waals surface area contributed by atoms with Gasteiger partial charge in [0.05, 0.1) is 12.6 Å². The average Bonchev–Trinajstić information content (AvgIpc) is 3.43. The van der Waals surface area contributed by atoms with Gasteiger partial charge in [0.2, 0.25) is 0 Å². The zero-order valence-electron chi connectivity index (χ0n) is 14.3. The van der Waals surface area contributed by atoms with E-state index in [4.69, 9.17) is 9.26 Å². The summed E-state index contributed by atoms with van der Waals surface area (Å²) in [6.07, 6.45) is 4.00. The van der Waals surface area contributed by atoms with E-state index in [-0.39, 0.29) is 12.0 Å². The Hall–Kier alpha value is -2.93. The third-order valence-corrected chi connectivity index (χ3v) is 4.38. The van der Waals surface area contributed by atoms with Crippen LogP contribution < -0.4 is 5.32 Å². The van der Waals surface area contributed by atoms with E-state index >= 15 is 0 Å². The first kappa shape index (κ1) is 16.5. The van der Waals surface area contributed by atoms with Gasteiger partial charge in [0.15, 0.2) is 5.82 Å². The molecule has 0 spiro atoms. The third kappa shape index (κ3) is 3.67. The molecule has 1 unspecified atom stereocenters. The Kier molecular flexibility index (Phi) is 4.79. The maximum Gasteiger partial charge on any atom is 0.268 e. The molecule has 0 radical (unpaired) electrons. The number of benzene rings is 1. The van der Waals surface area contributed by atoms with Gasteiger partial charge in [0.25, 0.3) is 11.8 Å². The molecule has 1 saturated heterocycles. The number of carbonyl (C=O) groups is 1. The maximum atomic E-state index is 12.4. The van der Waals surface area contributed by atoms with Gasteiger partial charge in [0.1, 0.15) is 5.69 Å². The SMILES string of the molecule is O=C(NCC1CCCO1)c1cccn1Cc1noc(-c2ccccc2)n1. The molecule has 3 heterocycles. The van der Waals surface area contributed by atoms with E-state index < -0.39 is 0 Å². The molecule has 0 bridgehead atoms. The van der Waals surface area contributed by atoms with E-state index in [9.17, 15) is 4.79 Å². The average molecular weight is 352 g/mol. The van der Waals surface area contributed by atoms with Crippen molar-refractivity contribution in [3.8, 4) is 11.5 Å². The van der Waals surface area contributed by atoms with Gasteiger partial charge in [-0.15, -0.1) is 0 Å². The fourth-order valence-corrected chi connectivity index (χ4v) is 3.03. The number of rotatable bonds is 6. The van der Waals surface area contributed by atoms with Crippen molar-refractivity contribution in [2.75, 3.05) is 13.2 Å². The number of ether oxygens (including phenoxy) is 1. The van der Waals surface area contributed by atoms with Gasteiger partial charge in [-0.05, 0) is 37.1 Å². The summed E-state index contributed by atoms with van der Waals surface area (Å²) >= 11 is 0. The first-order valence-electron chi connectivity index (χ1n) is 8.72. The van der Waals surface area contributed by atoms with E-state index in [0.717, 1.165) is 25.0 Å². The maximum absolute atomic E-state index is 12.4. The van der Waals surface area contributed by atoms with Gasteiger partial charge in [-0.2, -0.15) is 4.98 Å². The second kappa shape index (κ2) is 7.53. The van der Waals surface area contributed by atoms with E-state index in [2.05, 4.69) is 15.5 Å². The summed E-state index contributed by atoms with van der Waals surface area (Å²) in [7, 11) is 0. The monoisotopic (exact) mass is 352 g/mol. The standard InChI is InChI=1S/C19H20N4O3/c24-18(20-12-15-8-5-11-25-15)16-9-4-10-23(16)13-17-21-19(26-22-17)14-6-2-1-3-7-14/h1-4,6-7,9-10,15H,5,8,11-13H2,(H,20,24). The third-order valence-electron chi connectivity index (χ3n) is 4.38. The molecular formula is C19H20N4O3. The second-order valence-electron chi connectivity index (χ2n) is 6.25. The molecule has 1 fully saturated rings. The van der Waals surface area contributed by atoms with Gasteiger partial charge in [0, 0.05) is 24.9 Å². The topological polar surface area (TPSA) is 82.2 Å². The number of carbonyl (C=O) groups excluding carboxylic acids is 1. The molecule has 3 aromatic rings. The molecule has 1 aliphatic heterocycles. The van der Waals surface area contributed by atoms with Gasteiger partial charge in [-0.25, -0.2) is 0 Å². The summed E-state index contributed by atoms with van der Waals surface area (Å²) in [4.78, 5) is 16.9. The number of hydrogen-bond acceptors (Lipinski definition) is 5. The van der Waals surface area contributed by atoms with Crippen molar-refractivity contribution >= 4 is 5.91 Å². The Bertz CT molecular complexity index is 866. The molecule has 7 nitrogen and oxygen atoms in total. The van der Waals surface area contributed by atoms with E-state index in [0.29, 0.717) is 30.5 Å². The van der Waals surface area contributed by atoms with Crippen LogP contribution in [0.2, 0.25) is 0 Å². The zero-order valence-corrected chi connectivity index (χ0v) is 14.3. The summed E-state index contributed by atoms with van der Waals surface area (Å²) in [5, 5.41) is 6.95. The molecule has 1 N–H and O–H groups in total. The Labute approximate surface area is 151 Å². The number of nitrogens with zero attached hydrogens (tertiary/aromatic N) is 3. The van der Waals surface area contributed by atoms with Gasteiger partial charge in [-0.1, -0.05) is 23.4 Å². The lowest BCUT2D eigenvalue weighted by Crippen LogP contribution is -2.33. The van der Waals surface area contributed by atoms with Crippen LogP contribution in [0.1, 0.15) is 29.2 Å². The molecule has 1 aromatic carbocycles. The largest absolute Gasteiger partial charge is 0.376 e. The Morgan fingerprint density at radius 3 is 2.92 bits per heavy atom. The molecule has 1 atom stereocenters. The van der Waals surface area contributed by atoms with Crippen molar-refractivity contribution in [3.63, 3.8) is 0 Å². The summed E-state index contributed by atoms with van der Waals surface area (Å²) in [6, 6.07) is 13.2. The second-order valence-corrected chi connectivity index (χ2v) is 6.25. The van der Waals surface area contributed by atoms with Crippen molar-refractivity contribution in [2.45, 2.75) is 25.5 Å². The van der Waals surface area contributed by atoms with Crippen LogP contribution in [0, 0.1) is 0 Å². The van der Waals surface area contributed by atoms with Crippen LogP contribution in [0.4, 0.5) is 0 Å². The van der Waals surface area contributed by atoms with Crippen LogP contribution in [0.15, 0.2) is 53.2 Å². The molecule has 7 heteroatoms. The Balaban J connectivity index is 1.42. The molecule has 1 amide bonds. The van der Waals surface area contributed by atoms with Crippen molar-refractivity contribution in [1.29, 1.82) is 0 Å². The van der Waals surface area contributed by atoms with Gasteiger partial charge >= 0.3 is 0 Å². The number of nitrogens with one attached hydrogen (secondary N) is 1. The molecule has 26 heavy (non-hydrogen) atoms. The van der Waals surface area contributed by atoms with Gasteiger partial charge < -0.3 is 19.1 Å². The quantitative estimate of drug-likeness (QED) is 0.737. The predicted octanol–water partition coefficient (Wildman–Crippen LogP) is 2.50. The van der Waals surface area contributed by atoms with Crippen LogP contribution in [-0.4, -0.2) is 39.9 Å². The highest BCUT2D eigenvalue weighted by molar-refractivity contribution is 5.92. The number of hydrogen-bond donors (Lipinski definition) is 1. The lowest BCUT2D eigenvalue weighted by molar-refractivity contribution is 0.0850. The van der Waals surface area contributed by atoms with Crippen LogP contribution in [0.3, 0.4) is 0 Å². The predicted molar refractivity (Wildman–Crippen MR) is 94.6 cm³/mol. The highest BCUT2D eigenvalue weighted by atomic mass is 16.5. The Morgan fingerprint density at radius 2 is 2.12 bits per heavy atom.